The summed E-state index contributed by atoms with van der Waals surface area (Å²) < 4.78 is 0. The van der Waals surface area contributed by atoms with Crippen LogP contribution in [0, 0.1) is 0 Å². The van der Waals surface area contributed by atoms with E-state index in [0.29, 0.717) is 0 Å². The molecule has 0 aliphatic heterocycles. The van der Waals surface area contributed by atoms with Crippen molar-refractivity contribution in [2.45, 2.75) is 6.92 Å². The summed E-state index contributed by atoms with van der Waals surface area (Å²) in [5.41, 5.74) is 0.765. The number of aromatic nitrogens is 4. The average molecular weight is 200 g/mol. The minimum atomic E-state index is 0. The molecule has 2 N–H and O–H groups in total. The molecule has 0 aromatic carbocycles. The summed E-state index contributed by atoms with van der Waals surface area (Å²) in [7, 11) is 0. The molecule has 0 saturated heterocycles. The van der Waals surface area contributed by atoms with Gasteiger partial charge in [0.1, 0.15) is 6.33 Å². The highest BCUT2D eigenvalue weighted by Gasteiger charge is 2.03. The van der Waals surface area contributed by atoms with Crippen molar-refractivity contribution >= 4 is 29.3 Å². The van der Waals surface area contributed by atoms with E-state index in [1.807, 2.05) is 6.92 Å². The minimum Gasteiger partial charge on any atom is -0.368 e. The second kappa shape index (κ2) is 4.04. The molecular weight excluding hydrogens is 190 g/mol. The van der Waals surface area contributed by atoms with Crippen molar-refractivity contribution < 1.29 is 0 Å². The zero-order chi connectivity index (χ0) is 8.39. The molecule has 13 heavy (non-hydrogen) atoms. The normalized spacial score (nSPS) is 9.62. The van der Waals surface area contributed by atoms with E-state index >= 15 is 0 Å². The number of nitrogens with zero attached hydrogens (tertiary/aromatic N) is 3. The molecule has 0 fully saturated rings. The Balaban J connectivity index is 0.000000845. The van der Waals surface area contributed by atoms with E-state index < -0.39 is 0 Å². The predicted molar refractivity (Wildman–Crippen MR) is 53.1 cm³/mol. The van der Waals surface area contributed by atoms with Crippen molar-refractivity contribution in [3.05, 3.63) is 12.5 Å². The first-order chi connectivity index (χ1) is 5.92. The van der Waals surface area contributed by atoms with Gasteiger partial charge < -0.3 is 5.32 Å². The van der Waals surface area contributed by atoms with Crippen LogP contribution in [0.1, 0.15) is 6.92 Å². The highest BCUT2D eigenvalue weighted by atomic mass is 35.5. The van der Waals surface area contributed by atoms with Crippen LogP contribution in [0.5, 0.6) is 0 Å². The minimum absolute atomic E-state index is 0. The first kappa shape index (κ1) is 9.73. The summed E-state index contributed by atoms with van der Waals surface area (Å²) >= 11 is 0. The number of hydrogen-bond acceptors (Lipinski definition) is 4. The Morgan fingerprint density at radius 1 is 1.54 bits per heavy atom. The van der Waals surface area contributed by atoms with Crippen molar-refractivity contribution in [1.29, 1.82) is 0 Å². The van der Waals surface area contributed by atoms with Gasteiger partial charge in [-0.1, -0.05) is 0 Å². The molecule has 0 aliphatic rings. The summed E-state index contributed by atoms with van der Waals surface area (Å²) in [5.74, 6) is 0.813. The first-order valence-corrected chi connectivity index (χ1v) is 3.79. The van der Waals surface area contributed by atoms with Gasteiger partial charge in [-0.25, -0.2) is 9.97 Å². The number of anilines is 1. The maximum Gasteiger partial charge on any atom is 0.160 e. The van der Waals surface area contributed by atoms with E-state index in [1.165, 1.54) is 6.33 Å². The lowest BCUT2D eigenvalue weighted by atomic mass is 10.4. The summed E-state index contributed by atoms with van der Waals surface area (Å²) in [4.78, 5) is 7.93. The first-order valence-electron chi connectivity index (χ1n) is 3.79. The van der Waals surface area contributed by atoms with Gasteiger partial charge >= 0.3 is 0 Å². The maximum absolute atomic E-state index is 4.05. The van der Waals surface area contributed by atoms with Gasteiger partial charge in [0.05, 0.1) is 5.39 Å². The fourth-order valence-electron chi connectivity index (χ4n) is 1.06. The number of halogens is 1. The van der Waals surface area contributed by atoms with E-state index in [1.54, 1.807) is 6.20 Å². The van der Waals surface area contributed by atoms with Crippen molar-refractivity contribution in [1.82, 2.24) is 20.2 Å². The lowest BCUT2D eigenvalue weighted by Crippen LogP contribution is -1.96. The SMILES string of the molecule is CCNc1n[nH]c2ncncc12.Cl. The van der Waals surface area contributed by atoms with E-state index in [-0.39, 0.29) is 12.4 Å². The molecule has 6 heteroatoms. The molecule has 0 spiro atoms. The van der Waals surface area contributed by atoms with Crippen LogP contribution >= 0.6 is 12.4 Å². The molecule has 0 unspecified atom stereocenters. The molecule has 0 aliphatic carbocycles. The van der Waals surface area contributed by atoms with Gasteiger partial charge in [0.2, 0.25) is 0 Å². The summed E-state index contributed by atoms with van der Waals surface area (Å²) in [6.45, 7) is 2.86. The Morgan fingerprint density at radius 2 is 2.38 bits per heavy atom. The zero-order valence-corrected chi connectivity index (χ0v) is 7.93. The molecule has 2 aromatic rings. The Bertz CT molecular complexity index is 385. The third kappa shape index (κ3) is 1.70. The number of fused-ring (bicyclic) bond motifs is 1. The number of hydrogen-bond donors (Lipinski definition) is 2. The van der Waals surface area contributed by atoms with E-state index in [2.05, 4.69) is 25.5 Å². The van der Waals surface area contributed by atoms with Crippen LogP contribution in [0.2, 0.25) is 0 Å². The van der Waals surface area contributed by atoms with Crippen LogP contribution in [0.25, 0.3) is 11.0 Å². The standard InChI is InChI=1S/C7H9N5.ClH/c1-2-9-6-5-3-8-4-10-7(5)12-11-6;/h3-4H,2H2,1H3,(H2,8,9,10,11,12);1H. The Labute approximate surface area is 81.4 Å². The highest BCUT2D eigenvalue weighted by molar-refractivity contribution is 5.86. The van der Waals surface area contributed by atoms with E-state index in [9.17, 15) is 0 Å². The van der Waals surface area contributed by atoms with Crippen LogP contribution in [-0.2, 0) is 0 Å². The number of H-pyrrole nitrogens is 1. The van der Waals surface area contributed by atoms with Gasteiger partial charge in [-0.05, 0) is 6.92 Å². The van der Waals surface area contributed by atoms with Crippen molar-refractivity contribution in [3.8, 4) is 0 Å². The van der Waals surface area contributed by atoms with Crippen LogP contribution in [0.4, 0.5) is 5.82 Å². The van der Waals surface area contributed by atoms with E-state index in [0.717, 1.165) is 23.4 Å². The van der Waals surface area contributed by atoms with Crippen LogP contribution in [0.15, 0.2) is 12.5 Å². The van der Waals surface area contributed by atoms with Crippen molar-refractivity contribution in [2.75, 3.05) is 11.9 Å². The molecule has 5 nitrogen and oxygen atoms in total. The summed E-state index contributed by atoms with van der Waals surface area (Å²) in [6.07, 6.45) is 3.24. The van der Waals surface area contributed by atoms with Crippen LogP contribution in [-0.4, -0.2) is 26.7 Å². The number of aromatic amines is 1. The lowest BCUT2D eigenvalue weighted by molar-refractivity contribution is 1.07. The molecule has 2 aromatic heterocycles. The van der Waals surface area contributed by atoms with Gasteiger partial charge in [-0.15, -0.1) is 12.4 Å². The number of rotatable bonds is 2. The van der Waals surface area contributed by atoms with Gasteiger partial charge in [0, 0.05) is 12.7 Å². The van der Waals surface area contributed by atoms with Gasteiger partial charge in [0.15, 0.2) is 11.5 Å². The van der Waals surface area contributed by atoms with E-state index in [4.69, 9.17) is 0 Å². The predicted octanol–water partition coefficient (Wildman–Crippen LogP) is 1.21. The third-order valence-corrected chi connectivity index (χ3v) is 1.59. The maximum atomic E-state index is 4.05. The smallest absolute Gasteiger partial charge is 0.160 e. The Morgan fingerprint density at radius 3 is 3.15 bits per heavy atom. The van der Waals surface area contributed by atoms with Crippen LogP contribution in [0.3, 0.4) is 0 Å². The highest BCUT2D eigenvalue weighted by Crippen LogP contribution is 2.15. The van der Waals surface area contributed by atoms with Crippen molar-refractivity contribution in [2.24, 2.45) is 0 Å². The van der Waals surface area contributed by atoms with Gasteiger partial charge in [-0.2, -0.15) is 5.10 Å². The second-order valence-corrected chi connectivity index (χ2v) is 2.39. The Hall–Kier alpha value is -1.36. The third-order valence-electron chi connectivity index (χ3n) is 1.59. The molecule has 0 saturated carbocycles. The fourth-order valence-corrected chi connectivity index (χ4v) is 1.06. The molecule has 0 bridgehead atoms. The molecule has 0 radical (unpaired) electrons. The average Bonchev–Trinajstić information content (AvgIpc) is 2.50. The molecular formula is C7H10ClN5. The fraction of sp³-hybridized carbons (Fsp3) is 0.286. The molecule has 0 amide bonds. The van der Waals surface area contributed by atoms with Crippen LogP contribution < -0.4 is 5.32 Å². The monoisotopic (exact) mass is 199 g/mol. The largest absolute Gasteiger partial charge is 0.368 e. The molecule has 2 rings (SSSR count). The Kier molecular flexibility index (Phi) is 3.02. The molecule has 2 heterocycles. The lowest BCUT2D eigenvalue weighted by Gasteiger charge is -1.95. The molecule has 70 valence electrons. The van der Waals surface area contributed by atoms with Gasteiger partial charge in [0.25, 0.3) is 0 Å². The quantitative estimate of drug-likeness (QED) is 0.763. The van der Waals surface area contributed by atoms with Crippen molar-refractivity contribution in [3.63, 3.8) is 0 Å². The number of nitrogens with one attached hydrogen (secondary N) is 2. The zero-order valence-electron chi connectivity index (χ0n) is 7.11. The summed E-state index contributed by atoms with van der Waals surface area (Å²) in [5, 5.41) is 10.9. The summed E-state index contributed by atoms with van der Waals surface area (Å²) in [6, 6.07) is 0. The van der Waals surface area contributed by atoms with Gasteiger partial charge in [-0.3, -0.25) is 5.10 Å². The molecule has 0 atom stereocenters. The second-order valence-electron chi connectivity index (χ2n) is 2.39. The topological polar surface area (TPSA) is 66.5 Å².